The van der Waals surface area contributed by atoms with Crippen LogP contribution in [0.5, 0.6) is 5.75 Å². The summed E-state index contributed by atoms with van der Waals surface area (Å²) in [6.07, 6.45) is 0. The lowest BCUT2D eigenvalue weighted by atomic mass is 10.2. The molecule has 0 aliphatic heterocycles. The van der Waals surface area contributed by atoms with Crippen molar-refractivity contribution in [2.24, 2.45) is 0 Å². The fraction of sp³-hybridized carbons (Fsp3) is 0.0625. The minimum absolute atomic E-state index is 0.393. The van der Waals surface area contributed by atoms with Gasteiger partial charge in [0.2, 0.25) is 0 Å². The molecule has 0 bridgehead atoms. The van der Waals surface area contributed by atoms with Gasteiger partial charge in [0, 0.05) is 17.2 Å². The first-order chi connectivity index (χ1) is 9.69. The third-order valence-corrected chi connectivity index (χ3v) is 2.80. The summed E-state index contributed by atoms with van der Waals surface area (Å²) in [5, 5.41) is 3.08. The lowest BCUT2D eigenvalue weighted by Gasteiger charge is -2.05. The highest BCUT2D eigenvalue weighted by Gasteiger charge is 2.03. The van der Waals surface area contributed by atoms with Crippen molar-refractivity contribution < 1.29 is 9.53 Å². The second kappa shape index (κ2) is 6.65. The van der Waals surface area contributed by atoms with Crippen LogP contribution in [-0.2, 0) is 4.79 Å². The van der Waals surface area contributed by atoms with E-state index in [1.165, 1.54) is 7.11 Å². The minimum atomic E-state index is -0.393. The number of methoxy groups -OCH3 is 1. The Morgan fingerprint density at radius 1 is 1.20 bits per heavy atom. The standard InChI is InChI=1S/C16H12ClNO2/c1-20-15-9-8-13(11-14(15)17)18-16(19)10-7-12-5-3-2-4-6-12/h2-6,8-9,11H,1H3,(H,18,19). The normalized spacial score (nSPS) is 9.30. The molecule has 1 amide bonds. The van der Waals surface area contributed by atoms with E-state index in [0.29, 0.717) is 16.5 Å². The maximum absolute atomic E-state index is 11.7. The predicted octanol–water partition coefficient (Wildman–Crippen LogP) is 3.34. The molecule has 0 unspecified atom stereocenters. The van der Waals surface area contributed by atoms with Crippen molar-refractivity contribution >= 4 is 23.2 Å². The molecule has 0 aliphatic rings. The van der Waals surface area contributed by atoms with E-state index in [1.807, 2.05) is 30.3 Å². The van der Waals surface area contributed by atoms with Gasteiger partial charge in [0.25, 0.3) is 0 Å². The molecular weight excluding hydrogens is 274 g/mol. The summed E-state index contributed by atoms with van der Waals surface area (Å²) < 4.78 is 5.04. The van der Waals surface area contributed by atoms with E-state index in [-0.39, 0.29) is 0 Å². The number of halogens is 1. The smallest absolute Gasteiger partial charge is 0.300 e. The second-order valence-corrected chi connectivity index (χ2v) is 4.33. The van der Waals surface area contributed by atoms with E-state index in [2.05, 4.69) is 17.2 Å². The number of hydrogen-bond acceptors (Lipinski definition) is 2. The summed E-state index contributed by atoms with van der Waals surface area (Å²) in [7, 11) is 1.53. The Balaban J connectivity index is 2.05. The van der Waals surface area contributed by atoms with Gasteiger partial charge < -0.3 is 10.1 Å². The van der Waals surface area contributed by atoms with Crippen LogP contribution in [0.4, 0.5) is 5.69 Å². The molecule has 4 heteroatoms. The number of ether oxygens (including phenoxy) is 1. The molecule has 100 valence electrons. The molecule has 20 heavy (non-hydrogen) atoms. The lowest BCUT2D eigenvalue weighted by Crippen LogP contribution is -2.08. The molecule has 3 nitrogen and oxygen atoms in total. The monoisotopic (exact) mass is 285 g/mol. The molecule has 0 radical (unpaired) electrons. The summed E-state index contributed by atoms with van der Waals surface area (Å²) in [5.74, 6) is 5.47. The molecule has 0 aliphatic carbocycles. The van der Waals surface area contributed by atoms with Crippen molar-refractivity contribution in [3.63, 3.8) is 0 Å². The van der Waals surface area contributed by atoms with Crippen LogP contribution in [0.2, 0.25) is 5.02 Å². The Kier molecular flexibility index (Phi) is 4.65. The van der Waals surface area contributed by atoms with Crippen LogP contribution < -0.4 is 10.1 Å². The maximum atomic E-state index is 11.7. The highest BCUT2D eigenvalue weighted by Crippen LogP contribution is 2.27. The van der Waals surface area contributed by atoms with Crippen molar-refractivity contribution in [1.82, 2.24) is 0 Å². The molecule has 0 saturated carbocycles. The molecule has 0 aromatic heterocycles. The summed E-state index contributed by atoms with van der Waals surface area (Å²) in [6.45, 7) is 0. The van der Waals surface area contributed by atoms with Crippen molar-refractivity contribution in [2.75, 3.05) is 12.4 Å². The van der Waals surface area contributed by atoms with Gasteiger partial charge in [-0.2, -0.15) is 0 Å². The maximum Gasteiger partial charge on any atom is 0.300 e. The van der Waals surface area contributed by atoms with Crippen LogP contribution in [0.1, 0.15) is 5.56 Å². The Labute approximate surface area is 122 Å². The minimum Gasteiger partial charge on any atom is -0.495 e. The molecule has 2 aromatic rings. The summed E-state index contributed by atoms with van der Waals surface area (Å²) >= 11 is 5.97. The van der Waals surface area contributed by atoms with Crippen LogP contribution in [0.25, 0.3) is 0 Å². The molecule has 2 aromatic carbocycles. The first kappa shape index (κ1) is 14.0. The van der Waals surface area contributed by atoms with Crippen LogP contribution in [0.3, 0.4) is 0 Å². The molecule has 2 rings (SSSR count). The number of nitrogens with one attached hydrogen (secondary N) is 1. The number of rotatable bonds is 2. The van der Waals surface area contributed by atoms with Gasteiger partial charge in [-0.15, -0.1) is 0 Å². The lowest BCUT2D eigenvalue weighted by molar-refractivity contribution is -0.111. The van der Waals surface area contributed by atoms with E-state index in [1.54, 1.807) is 18.2 Å². The molecule has 0 heterocycles. The van der Waals surface area contributed by atoms with Crippen LogP contribution in [-0.4, -0.2) is 13.0 Å². The predicted molar refractivity (Wildman–Crippen MR) is 80.0 cm³/mol. The van der Waals surface area contributed by atoms with Crippen molar-refractivity contribution in [3.8, 4) is 17.6 Å². The van der Waals surface area contributed by atoms with Gasteiger partial charge in [-0.3, -0.25) is 4.79 Å². The van der Waals surface area contributed by atoms with E-state index >= 15 is 0 Å². The fourth-order valence-corrected chi connectivity index (χ4v) is 1.81. The molecular formula is C16H12ClNO2. The summed E-state index contributed by atoms with van der Waals surface area (Å²) in [6, 6.07) is 14.3. The van der Waals surface area contributed by atoms with Gasteiger partial charge in [-0.05, 0) is 30.3 Å². The van der Waals surface area contributed by atoms with E-state index < -0.39 is 5.91 Å². The Morgan fingerprint density at radius 3 is 2.60 bits per heavy atom. The number of carbonyl (C=O) groups is 1. The Bertz CT molecular complexity index is 672. The highest BCUT2D eigenvalue weighted by molar-refractivity contribution is 6.32. The fourth-order valence-electron chi connectivity index (χ4n) is 1.56. The van der Waals surface area contributed by atoms with Gasteiger partial charge in [0.05, 0.1) is 12.1 Å². The highest BCUT2D eigenvalue weighted by atomic mass is 35.5. The van der Waals surface area contributed by atoms with Crippen molar-refractivity contribution in [3.05, 3.63) is 59.1 Å². The molecule has 0 spiro atoms. The molecule has 0 fully saturated rings. The summed E-state index contributed by atoms with van der Waals surface area (Å²) in [5.41, 5.74) is 1.36. The molecule has 0 saturated heterocycles. The SMILES string of the molecule is COc1ccc(NC(=O)C#Cc2ccccc2)cc1Cl. The zero-order chi connectivity index (χ0) is 14.4. The number of hydrogen-bond donors (Lipinski definition) is 1. The third-order valence-electron chi connectivity index (χ3n) is 2.50. The first-order valence-corrected chi connectivity index (χ1v) is 6.28. The van der Waals surface area contributed by atoms with E-state index in [0.717, 1.165) is 5.56 Å². The van der Waals surface area contributed by atoms with Gasteiger partial charge >= 0.3 is 5.91 Å². The van der Waals surface area contributed by atoms with E-state index in [9.17, 15) is 4.79 Å². The van der Waals surface area contributed by atoms with Crippen LogP contribution in [0, 0.1) is 11.8 Å². The third kappa shape index (κ3) is 3.78. The number of carbonyl (C=O) groups excluding carboxylic acids is 1. The zero-order valence-electron chi connectivity index (χ0n) is 10.8. The average Bonchev–Trinajstić information content (AvgIpc) is 2.46. The second-order valence-electron chi connectivity index (χ2n) is 3.92. The zero-order valence-corrected chi connectivity index (χ0v) is 11.6. The average molecular weight is 286 g/mol. The van der Waals surface area contributed by atoms with Crippen molar-refractivity contribution in [2.45, 2.75) is 0 Å². The Morgan fingerprint density at radius 2 is 1.95 bits per heavy atom. The quantitative estimate of drug-likeness (QED) is 0.860. The van der Waals surface area contributed by atoms with Gasteiger partial charge in [-0.25, -0.2) is 0 Å². The number of benzene rings is 2. The van der Waals surface area contributed by atoms with Gasteiger partial charge in [0.1, 0.15) is 5.75 Å². The Hall–Kier alpha value is -2.44. The van der Waals surface area contributed by atoms with Gasteiger partial charge in [-0.1, -0.05) is 35.7 Å². The molecule has 0 atom stereocenters. The first-order valence-electron chi connectivity index (χ1n) is 5.90. The van der Waals surface area contributed by atoms with E-state index in [4.69, 9.17) is 16.3 Å². The van der Waals surface area contributed by atoms with Crippen LogP contribution in [0.15, 0.2) is 48.5 Å². The largest absolute Gasteiger partial charge is 0.495 e. The van der Waals surface area contributed by atoms with Gasteiger partial charge in [0.15, 0.2) is 0 Å². The van der Waals surface area contributed by atoms with Crippen LogP contribution >= 0.6 is 11.6 Å². The molecule has 1 N–H and O–H groups in total. The topological polar surface area (TPSA) is 38.3 Å². The number of anilines is 1. The van der Waals surface area contributed by atoms with Crippen molar-refractivity contribution in [1.29, 1.82) is 0 Å². The number of amides is 1. The summed E-state index contributed by atoms with van der Waals surface area (Å²) in [4.78, 5) is 11.7.